The van der Waals surface area contributed by atoms with Crippen LogP contribution in [-0.4, -0.2) is 47.3 Å². The van der Waals surface area contributed by atoms with Gasteiger partial charge in [0.05, 0.1) is 14.2 Å². The van der Waals surface area contributed by atoms with E-state index in [0.29, 0.717) is 31.0 Å². The Morgan fingerprint density at radius 1 is 0.963 bits per heavy atom. The molecule has 0 aliphatic rings. The molecule has 6 heteroatoms. The number of benzene rings is 2. The molecule has 0 bridgehead atoms. The highest BCUT2D eigenvalue weighted by molar-refractivity contribution is 5.76. The summed E-state index contributed by atoms with van der Waals surface area (Å²) in [6, 6.07) is 13.9. The van der Waals surface area contributed by atoms with Crippen LogP contribution in [-0.2, 0) is 11.2 Å². The van der Waals surface area contributed by atoms with Crippen molar-refractivity contribution in [3.63, 3.8) is 0 Å². The minimum absolute atomic E-state index is 0.0351. The number of rotatable bonds is 10. The van der Waals surface area contributed by atoms with Crippen molar-refractivity contribution in [1.29, 1.82) is 0 Å². The molecule has 0 heterocycles. The lowest BCUT2D eigenvalue weighted by Gasteiger charge is -2.13. The smallest absolute Gasteiger partial charge is 0.221 e. The molecular weight excluding hydrogens is 342 g/mol. The maximum atomic E-state index is 12.0. The Morgan fingerprint density at radius 3 is 2.30 bits per heavy atom. The maximum absolute atomic E-state index is 12.0. The lowest BCUT2D eigenvalue weighted by molar-refractivity contribution is -0.120. The lowest BCUT2D eigenvalue weighted by atomic mass is 10.1. The van der Waals surface area contributed by atoms with E-state index in [1.165, 1.54) is 0 Å². The minimum Gasteiger partial charge on any atom is -0.493 e. The fourth-order valence-electron chi connectivity index (χ4n) is 2.67. The number of carbonyl (C=O) groups is 1. The summed E-state index contributed by atoms with van der Waals surface area (Å²) in [4.78, 5) is 14.0. The highest BCUT2D eigenvalue weighted by atomic mass is 16.5. The number of ether oxygens (including phenoxy) is 2. The summed E-state index contributed by atoms with van der Waals surface area (Å²) in [6.07, 6.45) is 1.17. The van der Waals surface area contributed by atoms with Crippen molar-refractivity contribution < 1.29 is 14.3 Å². The summed E-state index contributed by atoms with van der Waals surface area (Å²) in [7, 11) is 7.25. The Labute approximate surface area is 161 Å². The summed E-state index contributed by atoms with van der Waals surface area (Å²) < 4.78 is 10.5. The van der Waals surface area contributed by atoms with E-state index < -0.39 is 0 Å². The van der Waals surface area contributed by atoms with Gasteiger partial charge in [-0.1, -0.05) is 6.07 Å². The van der Waals surface area contributed by atoms with Crippen LogP contribution in [0.2, 0.25) is 0 Å². The van der Waals surface area contributed by atoms with E-state index in [1.807, 2.05) is 56.6 Å². The highest BCUT2D eigenvalue weighted by Crippen LogP contribution is 2.27. The molecule has 0 aliphatic heterocycles. The van der Waals surface area contributed by atoms with Crippen molar-refractivity contribution in [2.24, 2.45) is 0 Å². The van der Waals surface area contributed by atoms with Gasteiger partial charge in [0.15, 0.2) is 11.5 Å². The number of anilines is 2. The van der Waals surface area contributed by atoms with Gasteiger partial charge >= 0.3 is 0 Å². The van der Waals surface area contributed by atoms with Crippen molar-refractivity contribution in [2.75, 3.05) is 51.6 Å². The predicted octanol–water partition coefficient (Wildman–Crippen LogP) is 2.93. The molecule has 146 valence electrons. The van der Waals surface area contributed by atoms with Gasteiger partial charge in [-0.15, -0.1) is 0 Å². The second-order valence-electron chi connectivity index (χ2n) is 6.41. The summed E-state index contributed by atoms with van der Waals surface area (Å²) in [5.41, 5.74) is 3.25. The van der Waals surface area contributed by atoms with Gasteiger partial charge in [-0.3, -0.25) is 4.79 Å². The van der Waals surface area contributed by atoms with E-state index in [0.717, 1.165) is 23.4 Å². The molecule has 1 amide bonds. The molecule has 0 aliphatic carbocycles. The third-order valence-electron chi connectivity index (χ3n) is 4.25. The summed E-state index contributed by atoms with van der Waals surface area (Å²) in [5.74, 6) is 1.44. The van der Waals surface area contributed by atoms with Crippen molar-refractivity contribution in [3.8, 4) is 11.5 Å². The van der Waals surface area contributed by atoms with Crippen LogP contribution in [0.15, 0.2) is 42.5 Å². The van der Waals surface area contributed by atoms with Gasteiger partial charge in [0.25, 0.3) is 0 Å². The minimum atomic E-state index is 0.0351. The molecule has 0 saturated heterocycles. The number of amides is 1. The molecule has 0 radical (unpaired) electrons. The zero-order valence-corrected chi connectivity index (χ0v) is 16.5. The van der Waals surface area contributed by atoms with Gasteiger partial charge in [-0.05, 0) is 48.4 Å². The van der Waals surface area contributed by atoms with Crippen molar-refractivity contribution in [2.45, 2.75) is 12.8 Å². The topological polar surface area (TPSA) is 62.8 Å². The number of carbonyl (C=O) groups excluding carboxylic acids is 1. The van der Waals surface area contributed by atoms with Gasteiger partial charge in [-0.2, -0.15) is 0 Å². The number of nitrogens with one attached hydrogen (secondary N) is 2. The van der Waals surface area contributed by atoms with E-state index in [2.05, 4.69) is 15.5 Å². The molecule has 27 heavy (non-hydrogen) atoms. The monoisotopic (exact) mass is 371 g/mol. The molecule has 2 N–H and O–H groups in total. The first-order valence-electron chi connectivity index (χ1n) is 9.02. The van der Waals surface area contributed by atoms with Crippen LogP contribution in [0.5, 0.6) is 11.5 Å². The van der Waals surface area contributed by atoms with Crippen LogP contribution < -0.4 is 25.0 Å². The quantitative estimate of drug-likeness (QED) is 0.672. The largest absolute Gasteiger partial charge is 0.493 e. The fraction of sp³-hybridized carbons (Fsp3) is 0.381. The molecule has 0 unspecified atom stereocenters. The van der Waals surface area contributed by atoms with E-state index in [-0.39, 0.29) is 5.91 Å². The zero-order valence-electron chi connectivity index (χ0n) is 16.5. The Hall–Kier alpha value is -2.89. The molecule has 2 aromatic carbocycles. The van der Waals surface area contributed by atoms with Gasteiger partial charge in [0.2, 0.25) is 5.91 Å². The first kappa shape index (κ1) is 20.4. The number of nitrogens with zero attached hydrogens (tertiary/aromatic N) is 1. The molecule has 2 aromatic rings. The normalized spacial score (nSPS) is 10.2. The second-order valence-corrected chi connectivity index (χ2v) is 6.41. The van der Waals surface area contributed by atoms with Gasteiger partial charge < -0.3 is 25.0 Å². The third-order valence-corrected chi connectivity index (χ3v) is 4.25. The van der Waals surface area contributed by atoms with Crippen molar-refractivity contribution in [1.82, 2.24) is 5.32 Å². The zero-order chi connectivity index (χ0) is 19.6. The highest BCUT2D eigenvalue weighted by Gasteiger charge is 2.06. The van der Waals surface area contributed by atoms with Crippen LogP contribution in [0.4, 0.5) is 11.4 Å². The summed E-state index contributed by atoms with van der Waals surface area (Å²) >= 11 is 0. The molecular formula is C21H29N3O3. The molecule has 0 atom stereocenters. The van der Waals surface area contributed by atoms with Crippen LogP contribution in [0.25, 0.3) is 0 Å². The van der Waals surface area contributed by atoms with E-state index in [1.54, 1.807) is 14.2 Å². The molecule has 0 fully saturated rings. The van der Waals surface area contributed by atoms with E-state index in [4.69, 9.17) is 9.47 Å². The van der Waals surface area contributed by atoms with Crippen LogP contribution >= 0.6 is 0 Å². The SMILES string of the molecule is COc1ccc(CCNC(=O)CCNc2ccc(N(C)C)cc2)cc1OC. The Bertz CT molecular complexity index is 730. The van der Waals surface area contributed by atoms with E-state index in [9.17, 15) is 4.79 Å². The van der Waals surface area contributed by atoms with Crippen LogP contribution in [0.3, 0.4) is 0 Å². The number of hydrogen-bond donors (Lipinski definition) is 2. The average molecular weight is 371 g/mol. The number of hydrogen-bond acceptors (Lipinski definition) is 5. The molecule has 0 spiro atoms. The second kappa shape index (κ2) is 10.3. The van der Waals surface area contributed by atoms with Crippen molar-refractivity contribution >= 4 is 17.3 Å². The third kappa shape index (κ3) is 6.40. The Balaban J connectivity index is 1.69. The van der Waals surface area contributed by atoms with Crippen molar-refractivity contribution in [3.05, 3.63) is 48.0 Å². The van der Waals surface area contributed by atoms with Gasteiger partial charge in [0, 0.05) is 45.0 Å². The summed E-state index contributed by atoms with van der Waals surface area (Å²) in [5, 5.41) is 6.22. The average Bonchev–Trinajstić information content (AvgIpc) is 2.68. The standard InChI is InChI=1S/C21H29N3O3/c1-24(2)18-8-6-17(7-9-18)22-14-12-21(25)23-13-11-16-5-10-19(26-3)20(15-16)27-4/h5-10,15,22H,11-14H2,1-4H3,(H,23,25). The Kier molecular flexibility index (Phi) is 7.79. The van der Waals surface area contributed by atoms with Gasteiger partial charge in [0.1, 0.15) is 0 Å². The summed E-state index contributed by atoms with van der Waals surface area (Å²) in [6.45, 7) is 1.19. The molecule has 2 rings (SSSR count). The molecule has 0 aromatic heterocycles. The predicted molar refractivity (Wildman–Crippen MR) is 110 cm³/mol. The fourth-order valence-corrected chi connectivity index (χ4v) is 2.67. The molecule has 0 saturated carbocycles. The first-order chi connectivity index (χ1) is 13.0. The first-order valence-corrected chi connectivity index (χ1v) is 9.02. The molecule has 6 nitrogen and oxygen atoms in total. The lowest BCUT2D eigenvalue weighted by Crippen LogP contribution is -2.27. The maximum Gasteiger partial charge on any atom is 0.221 e. The Morgan fingerprint density at radius 2 is 1.67 bits per heavy atom. The van der Waals surface area contributed by atoms with E-state index >= 15 is 0 Å². The number of methoxy groups -OCH3 is 2. The van der Waals surface area contributed by atoms with Crippen LogP contribution in [0, 0.1) is 0 Å². The van der Waals surface area contributed by atoms with Gasteiger partial charge in [-0.25, -0.2) is 0 Å². The van der Waals surface area contributed by atoms with Crippen LogP contribution in [0.1, 0.15) is 12.0 Å².